The first-order valence-corrected chi connectivity index (χ1v) is 4.74. The lowest BCUT2D eigenvalue weighted by Gasteiger charge is -2.11. The van der Waals surface area contributed by atoms with Gasteiger partial charge in [-0.15, -0.1) is 13.2 Å². The van der Waals surface area contributed by atoms with Crippen molar-refractivity contribution in [1.29, 1.82) is 5.26 Å². The van der Waals surface area contributed by atoms with Gasteiger partial charge in [0.05, 0.1) is 12.5 Å². The van der Waals surface area contributed by atoms with Crippen molar-refractivity contribution in [3.63, 3.8) is 0 Å². The molecular weight excluding hydrogens is 294 g/mol. The van der Waals surface area contributed by atoms with Crippen LogP contribution in [-0.2, 0) is 6.42 Å². The molecule has 1 rings (SSSR count). The predicted molar refractivity (Wildman–Crippen MR) is 50.1 cm³/mol. The van der Waals surface area contributed by atoms with Gasteiger partial charge in [-0.1, -0.05) is 15.9 Å². The van der Waals surface area contributed by atoms with Gasteiger partial charge >= 0.3 is 6.36 Å². The molecule has 0 heterocycles. The van der Waals surface area contributed by atoms with Crippen molar-refractivity contribution < 1.29 is 22.3 Å². The second-order valence-corrected chi connectivity index (χ2v) is 3.58. The summed E-state index contributed by atoms with van der Waals surface area (Å²) in [5.41, 5.74) is -0.163. The van der Waals surface area contributed by atoms with Gasteiger partial charge in [0, 0.05) is 10.0 Å². The van der Waals surface area contributed by atoms with Gasteiger partial charge in [0.25, 0.3) is 0 Å². The third-order valence-electron chi connectivity index (χ3n) is 1.63. The van der Waals surface area contributed by atoms with E-state index in [0.29, 0.717) is 0 Å². The third kappa shape index (κ3) is 3.10. The summed E-state index contributed by atoms with van der Waals surface area (Å²) in [6, 6.07) is 3.68. The van der Waals surface area contributed by atoms with E-state index in [-0.39, 0.29) is 16.5 Å². The molecule has 7 heteroatoms. The number of hydrogen-bond acceptors (Lipinski definition) is 2. The summed E-state index contributed by atoms with van der Waals surface area (Å²) in [6.07, 6.45) is -5.31. The van der Waals surface area contributed by atoms with Gasteiger partial charge in [0.1, 0.15) is 0 Å². The number of benzene rings is 1. The van der Waals surface area contributed by atoms with E-state index in [1.807, 2.05) is 0 Å². The number of halogens is 5. The van der Waals surface area contributed by atoms with Crippen LogP contribution in [0.5, 0.6) is 5.75 Å². The molecule has 0 fully saturated rings. The van der Waals surface area contributed by atoms with E-state index in [4.69, 9.17) is 5.26 Å². The monoisotopic (exact) mass is 297 g/mol. The summed E-state index contributed by atoms with van der Waals surface area (Å²) < 4.78 is 52.8. The summed E-state index contributed by atoms with van der Waals surface area (Å²) in [5.74, 6) is -2.13. The minimum atomic E-state index is -4.96. The van der Waals surface area contributed by atoms with E-state index in [1.165, 1.54) is 6.07 Å². The van der Waals surface area contributed by atoms with E-state index < -0.39 is 17.9 Å². The van der Waals surface area contributed by atoms with Gasteiger partial charge in [-0.25, -0.2) is 4.39 Å². The summed E-state index contributed by atoms with van der Waals surface area (Å²) in [5, 5.41) is 8.39. The molecule has 16 heavy (non-hydrogen) atoms. The third-order valence-corrected chi connectivity index (χ3v) is 2.38. The molecule has 1 aromatic carbocycles. The Morgan fingerprint density at radius 3 is 2.50 bits per heavy atom. The van der Waals surface area contributed by atoms with Crippen molar-refractivity contribution in [3.8, 4) is 11.8 Å². The zero-order valence-corrected chi connectivity index (χ0v) is 9.19. The van der Waals surface area contributed by atoms with Crippen LogP contribution in [0.4, 0.5) is 17.6 Å². The lowest BCUT2D eigenvalue weighted by atomic mass is 10.1. The van der Waals surface area contributed by atoms with Gasteiger partial charge in [-0.3, -0.25) is 0 Å². The fourth-order valence-corrected chi connectivity index (χ4v) is 1.47. The summed E-state index contributed by atoms with van der Waals surface area (Å²) >= 11 is 2.93. The van der Waals surface area contributed by atoms with Crippen molar-refractivity contribution in [2.75, 3.05) is 0 Å². The topological polar surface area (TPSA) is 33.0 Å². The van der Waals surface area contributed by atoms with Crippen LogP contribution in [0.25, 0.3) is 0 Å². The quantitative estimate of drug-likeness (QED) is 0.782. The number of alkyl halides is 3. The van der Waals surface area contributed by atoms with Crippen LogP contribution < -0.4 is 4.74 Å². The first kappa shape index (κ1) is 12.8. The zero-order chi connectivity index (χ0) is 12.3. The lowest BCUT2D eigenvalue weighted by molar-refractivity contribution is -0.275. The minimum Gasteiger partial charge on any atom is -0.403 e. The highest BCUT2D eigenvalue weighted by Gasteiger charge is 2.33. The van der Waals surface area contributed by atoms with Crippen LogP contribution in [0.2, 0.25) is 0 Å². The maximum absolute atomic E-state index is 13.4. The SMILES string of the molecule is N#CCc1c(Br)ccc(OC(F)(F)F)c1F. The van der Waals surface area contributed by atoms with E-state index in [9.17, 15) is 17.6 Å². The molecular formula is C9H4BrF4NO. The summed E-state index contributed by atoms with van der Waals surface area (Å²) in [4.78, 5) is 0. The average Bonchev–Trinajstić information content (AvgIpc) is 2.15. The smallest absolute Gasteiger partial charge is 0.403 e. The fourth-order valence-electron chi connectivity index (χ4n) is 1.02. The molecule has 0 saturated carbocycles. The second kappa shape index (κ2) is 4.70. The Hall–Kier alpha value is -1.29. The van der Waals surface area contributed by atoms with Crippen molar-refractivity contribution in [1.82, 2.24) is 0 Å². The van der Waals surface area contributed by atoms with Gasteiger partial charge in [0.15, 0.2) is 11.6 Å². The summed E-state index contributed by atoms with van der Waals surface area (Å²) in [7, 11) is 0. The molecule has 0 unspecified atom stereocenters. The minimum absolute atomic E-state index is 0.163. The molecule has 0 radical (unpaired) electrons. The van der Waals surface area contributed by atoms with Crippen molar-refractivity contribution in [2.24, 2.45) is 0 Å². The van der Waals surface area contributed by atoms with Crippen LogP contribution in [0.3, 0.4) is 0 Å². The number of nitrogens with zero attached hydrogens (tertiary/aromatic N) is 1. The Morgan fingerprint density at radius 2 is 2.00 bits per heavy atom. The van der Waals surface area contributed by atoms with Gasteiger partial charge in [-0.05, 0) is 12.1 Å². The second-order valence-electron chi connectivity index (χ2n) is 2.72. The van der Waals surface area contributed by atoms with Crippen molar-refractivity contribution >= 4 is 15.9 Å². The highest BCUT2D eigenvalue weighted by molar-refractivity contribution is 9.10. The summed E-state index contributed by atoms with van der Waals surface area (Å²) in [6.45, 7) is 0. The van der Waals surface area contributed by atoms with Crippen molar-refractivity contribution in [3.05, 3.63) is 28.0 Å². The average molecular weight is 298 g/mol. The fraction of sp³-hybridized carbons (Fsp3) is 0.222. The first-order chi connectivity index (χ1) is 7.35. The molecule has 0 aliphatic carbocycles. The molecule has 0 bridgehead atoms. The molecule has 0 atom stereocenters. The Morgan fingerprint density at radius 1 is 1.38 bits per heavy atom. The normalized spacial score (nSPS) is 11.0. The van der Waals surface area contributed by atoms with Gasteiger partial charge in [0.2, 0.25) is 0 Å². The molecule has 0 amide bonds. The van der Waals surface area contributed by atoms with Crippen LogP contribution in [0.1, 0.15) is 5.56 Å². The molecule has 0 spiro atoms. The lowest BCUT2D eigenvalue weighted by Crippen LogP contribution is -2.18. The molecule has 86 valence electrons. The van der Waals surface area contributed by atoms with Gasteiger partial charge in [-0.2, -0.15) is 5.26 Å². The molecule has 0 N–H and O–H groups in total. The Bertz CT molecular complexity index is 438. The highest BCUT2D eigenvalue weighted by Crippen LogP contribution is 2.31. The number of ether oxygens (including phenoxy) is 1. The molecule has 0 aliphatic rings. The van der Waals surface area contributed by atoms with E-state index in [1.54, 1.807) is 6.07 Å². The Kier molecular flexibility index (Phi) is 3.75. The Balaban J connectivity index is 3.14. The molecule has 0 saturated heterocycles. The van der Waals surface area contributed by atoms with Crippen LogP contribution in [0.15, 0.2) is 16.6 Å². The van der Waals surface area contributed by atoms with Crippen molar-refractivity contribution in [2.45, 2.75) is 12.8 Å². The zero-order valence-electron chi connectivity index (χ0n) is 7.61. The maximum Gasteiger partial charge on any atom is 0.573 e. The van der Waals surface area contributed by atoms with Crippen LogP contribution in [0, 0.1) is 17.1 Å². The highest BCUT2D eigenvalue weighted by atomic mass is 79.9. The maximum atomic E-state index is 13.4. The molecule has 0 aromatic heterocycles. The van der Waals surface area contributed by atoms with Crippen LogP contribution in [-0.4, -0.2) is 6.36 Å². The number of hydrogen-bond donors (Lipinski definition) is 0. The molecule has 1 aromatic rings. The van der Waals surface area contributed by atoms with Crippen LogP contribution >= 0.6 is 15.9 Å². The Labute approximate surface area is 96.6 Å². The standard InChI is InChI=1S/C9H4BrF4NO/c10-6-1-2-7(16-9(12,13)14)8(11)5(6)3-4-15/h1-2H,3H2. The predicted octanol–water partition coefficient (Wildman–Crippen LogP) is 3.55. The molecule has 2 nitrogen and oxygen atoms in total. The van der Waals surface area contributed by atoms with E-state index in [0.717, 1.165) is 6.07 Å². The van der Waals surface area contributed by atoms with E-state index in [2.05, 4.69) is 20.7 Å². The molecule has 0 aliphatic heterocycles. The number of nitriles is 1. The largest absolute Gasteiger partial charge is 0.573 e. The van der Waals surface area contributed by atoms with E-state index >= 15 is 0 Å². The first-order valence-electron chi connectivity index (χ1n) is 3.94. The van der Waals surface area contributed by atoms with Gasteiger partial charge < -0.3 is 4.74 Å². The number of rotatable bonds is 2.